The molecular formula is C13H16ClN3O. The topological polar surface area (TPSA) is 47.0 Å². The fourth-order valence-electron chi connectivity index (χ4n) is 2.07. The molecule has 1 fully saturated rings. The van der Waals surface area contributed by atoms with Crippen LogP contribution in [0.1, 0.15) is 6.42 Å². The van der Waals surface area contributed by atoms with Crippen LogP contribution in [0.3, 0.4) is 0 Å². The Hall–Kier alpha value is -1.39. The van der Waals surface area contributed by atoms with Crippen LogP contribution >= 0.6 is 12.4 Å². The van der Waals surface area contributed by atoms with Crippen LogP contribution in [-0.4, -0.2) is 29.7 Å². The Balaban J connectivity index is 0.00000120. The van der Waals surface area contributed by atoms with Gasteiger partial charge in [-0.15, -0.1) is 12.4 Å². The SMILES string of the molecule is Cl.c1ccc2nc(OCC3CCNC3)ncc2c1. The summed E-state index contributed by atoms with van der Waals surface area (Å²) in [5.41, 5.74) is 0.932. The van der Waals surface area contributed by atoms with Crippen molar-refractivity contribution in [3.63, 3.8) is 0 Å². The Bertz CT molecular complexity index is 514. The lowest BCUT2D eigenvalue weighted by atomic mass is 10.1. The number of fused-ring (bicyclic) bond motifs is 1. The van der Waals surface area contributed by atoms with E-state index in [0.717, 1.165) is 24.0 Å². The van der Waals surface area contributed by atoms with E-state index in [9.17, 15) is 0 Å². The lowest BCUT2D eigenvalue weighted by Crippen LogP contribution is -2.16. The number of ether oxygens (including phenoxy) is 1. The highest BCUT2D eigenvalue weighted by atomic mass is 35.5. The summed E-state index contributed by atoms with van der Waals surface area (Å²) in [6.45, 7) is 2.82. The van der Waals surface area contributed by atoms with Crippen molar-refractivity contribution in [1.82, 2.24) is 15.3 Å². The fourth-order valence-corrected chi connectivity index (χ4v) is 2.07. The zero-order valence-electron chi connectivity index (χ0n) is 10.0. The average Bonchev–Trinajstić information content (AvgIpc) is 2.89. The molecule has 18 heavy (non-hydrogen) atoms. The van der Waals surface area contributed by atoms with Gasteiger partial charge in [0.15, 0.2) is 0 Å². The Morgan fingerprint density at radius 2 is 2.22 bits per heavy atom. The highest BCUT2D eigenvalue weighted by molar-refractivity contribution is 5.85. The number of rotatable bonds is 3. The molecule has 1 aromatic carbocycles. The van der Waals surface area contributed by atoms with Gasteiger partial charge in [0.1, 0.15) is 0 Å². The van der Waals surface area contributed by atoms with E-state index in [0.29, 0.717) is 18.5 Å². The molecule has 1 atom stereocenters. The smallest absolute Gasteiger partial charge is 0.316 e. The molecule has 1 aliphatic heterocycles. The van der Waals surface area contributed by atoms with Gasteiger partial charge >= 0.3 is 6.01 Å². The summed E-state index contributed by atoms with van der Waals surface area (Å²) in [7, 11) is 0. The van der Waals surface area contributed by atoms with Gasteiger partial charge in [-0.1, -0.05) is 18.2 Å². The van der Waals surface area contributed by atoms with E-state index >= 15 is 0 Å². The molecule has 0 amide bonds. The molecule has 3 rings (SSSR count). The normalized spacial score (nSPS) is 18.6. The molecule has 4 nitrogen and oxygen atoms in total. The molecule has 0 saturated carbocycles. The Labute approximate surface area is 112 Å². The Morgan fingerprint density at radius 1 is 1.33 bits per heavy atom. The first kappa shape index (κ1) is 13.1. The molecular weight excluding hydrogens is 250 g/mol. The van der Waals surface area contributed by atoms with Crippen LogP contribution in [0.25, 0.3) is 10.9 Å². The number of nitrogens with zero attached hydrogens (tertiary/aromatic N) is 2. The number of para-hydroxylation sites is 1. The molecule has 0 radical (unpaired) electrons. The van der Waals surface area contributed by atoms with Gasteiger partial charge in [0.25, 0.3) is 0 Å². The standard InChI is InChI=1S/C13H15N3O.ClH/c1-2-4-12-11(3-1)8-15-13(16-12)17-9-10-5-6-14-7-10;/h1-4,8,10,14H,5-7,9H2;1H. The Morgan fingerprint density at radius 3 is 3.06 bits per heavy atom. The predicted octanol–water partition coefficient (Wildman–Crippen LogP) is 2.04. The summed E-state index contributed by atoms with van der Waals surface area (Å²) in [5, 5.41) is 4.36. The van der Waals surface area contributed by atoms with E-state index in [1.165, 1.54) is 6.42 Å². The molecule has 1 unspecified atom stereocenters. The van der Waals surface area contributed by atoms with Crippen molar-refractivity contribution in [2.24, 2.45) is 5.92 Å². The molecule has 1 saturated heterocycles. The maximum atomic E-state index is 5.64. The van der Waals surface area contributed by atoms with Crippen LogP contribution in [0.5, 0.6) is 6.01 Å². The lowest BCUT2D eigenvalue weighted by Gasteiger charge is -2.09. The highest BCUT2D eigenvalue weighted by Crippen LogP contribution is 2.14. The van der Waals surface area contributed by atoms with Crippen molar-refractivity contribution < 1.29 is 4.74 Å². The van der Waals surface area contributed by atoms with Gasteiger partial charge in [0, 0.05) is 24.0 Å². The summed E-state index contributed by atoms with van der Waals surface area (Å²) >= 11 is 0. The van der Waals surface area contributed by atoms with Crippen LogP contribution in [0.4, 0.5) is 0 Å². The summed E-state index contributed by atoms with van der Waals surface area (Å²) in [6.07, 6.45) is 2.98. The van der Waals surface area contributed by atoms with E-state index < -0.39 is 0 Å². The molecule has 96 valence electrons. The second kappa shape index (κ2) is 5.98. The van der Waals surface area contributed by atoms with Crippen molar-refractivity contribution in [3.8, 4) is 6.01 Å². The molecule has 1 N–H and O–H groups in total. The van der Waals surface area contributed by atoms with Gasteiger partial charge in [-0.25, -0.2) is 4.98 Å². The third kappa shape index (κ3) is 2.89. The highest BCUT2D eigenvalue weighted by Gasteiger charge is 2.15. The van der Waals surface area contributed by atoms with E-state index in [-0.39, 0.29) is 12.4 Å². The molecule has 0 aliphatic carbocycles. The van der Waals surface area contributed by atoms with Crippen LogP contribution in [0.15, 0.2) is 30.5 Å². The predicted molar refractivity (Wildman–Crippen MR) is 73.3 cm³/mol. The molecule has 1 aliphatic rings. The van der Waals surface area contributed by atoms with Crippen LogP contribution < -0.4 is 10.1 Å². The summed E-state index contributed by atoms with van der Waals surface area (Å²) in [5.74, 6) is 0.588. The lowest BCUT2D eigenvalue weighted by molar-refractivity contribution is 0.242. The number of benzene rings is 1. The van der Waals surface area contributed by atoms with Gasteiger partial charge in [-0.2, -0.15) is 4.98 Å². The molecule has 5 heteroatoms. The van der Waals surface area contributed by atoms with E-state index in [2.05, 4.69) is 15.3 Å². The fraction of sp³-hybridized carbons (Fsp3) is 0.385. The molecule has 2 aromatic rings. The quantitative estimate of drug-likeness (QED) is 0.923. The van der Waals surface area contributed by atoms with E-state index in [1.807, 2.05) is 30.5 Å². The Kier molecular flexibility index (Phi) is 4.33. The third-order valence-corrected chi connectivity index (χ3v) is 3.08. The monoisotopic (exact) mass is 265 g/mol. The number of halogens is 1. The summed E-state index contributed by atoms with van der Waals surface area (Å²) < 4.78 is 5.64. The average molecular weight is 266 g/mol. The van der Waals surface area contributed by atoms with Crippen molar-refractivity contribution in [3.05, 3.63) is 30.5 Å². The van der Waals surface area contributed by atoms with Crippen LogP contribution in [-0.2, 0) is 0 Å². The third-order valence-electron chi connectivity index (χ3n) is 3.08. The summed E-state index contributed by atoms with van der Waals surface area (Å²) in [4.78, 5) is 8.60. The first-order valence-electron chi connectivity index (χ1n) is 5.97. The number of aromatic nitrogens is 2. The number of hydrogen-bond acceptors (Lipinski definition) is 4. The van der Waals surface area contributed by atoms with Crippen molar-refractivity contribution >= 4 is 23.3 Å². The first-order valence-corrected chi connectivity index (χ1v) is 5.97. The number of hydrogen-bond donors (Lipinski definition) is 1. The maximum Gasteiger partial charge on any atom is 0.316 e. The van der Waals surface area contributed by atoms with Gasteiger partial charge in [-0.05, 0) is 19.0 Å². The molecule has 1 aromatic heterocycles. The molecule has 0 spiro atoms. The maximum absolute atomic E-state index is 5.64. The molecule has 0 bridgehead atoms. The van der Waals surface area contributed by atoms with Crippen molar-refractivity contribution in [2.75, 3.05) is 19.7 Å². The second-order valence-electron chi connectivity index (χ2n) is 4.38. The zero-order chi connectivity index (χ0) is 11.5. The second-order valence-corrected chi connectivity index (χ2v) is 4.38. The first-order chi connectivity index (χ1) is 8.42. The minimum atomic E-state index is 0. The minimum absolute atomic E-state index is 0. The van der Waals surface area contributed by atoms with Gasteiger partial charge in [0.05, 0.1) is 12.1 Å². The van der Waals surface area contributed by atoms with E-state index in [1.54, 1.807) is 0 Å². The van der Waals surface area contributed by atoms with Gasteiger partial charge < -0.3 is 10.1 Å². The zero-order valence-corrected chi connectivity index (χ0v) is 10.8. The largest absolute Gasteiger partial charge is 0.463 e. The number of nitrogens with one attached hydrogen (secondary N) is 1. The minimum Gasteiger partial charge on any atom is -0.463 e. The van der Waals surface area contributed by atoms with Crippen LogP contribution in [0.2, 0.25) is 0 Å². The summed E-state index contributed by atoms with van der Waals surface area (Å²) in [6, 6.07) is 8.41. The van der Waals surface area contributed by atoms with E-state index in [4.69, 9.17) is 4.74 Å². The van der Waals surface area contributed by atoms with Gasteiger partial charge in [-0.3, -0.25) is 0 Å². The molecule has 2 heterocycles. The van der Waals surface area contributed by atoms with Crippen molar-refractivity contribution in [2.45, 2.75) is 6.42 Å². The van der Waals surface area contributed by atoms with Crippen molar-refractivity contribution in [1.29, 1.82) is 0 Å². The van der Waals surface area contributed by atoms with Gasteiger partial charge in [0.2, 0.25) is 0 Å². The van der Waals surface area contributed by atoms with Crippen LogP contribution in [0, 0.1) is 5.92 Å².